The number of urea groups is 1. The first-order chi connectivity index (χ1) is 11.5. The molecule has 1 saturated carbocycles. The van der Waals surface area contributed by atoms with Gasteiger partial charge in [0.15, 0.2) is 0 Å². The van der Waals surface area contributed by atoms with Crippen LogP contribution in [-0.4, -0.2) is 42.1 Å². The maximum absolute atomic E-state index is 12.6. The number of likely N-dealkylation sites (tertiary alicyclic amines) is 1. The van der Waals surface area contributed by atoms with Crippen molar-refractivity contribution in [3.8, 4) is 5.75 Å². The molecule has 0 bridgehead atoms. The van der Waals surface area contributed by atoms with Crippen LogP contribution in [0.4, 0.5) is 4.79 Å². The Morgan fingerprint density at radius 2 is 2.00 bits per heavy atom. The first-order valence-corrected chi connectivity index (χ1v) is 8.72. The highest BCUT2D eigenvalue weighted by Gasteiger charge is 2.27. The van der Waals surface area contributed by atoms with E-state index >= 15 is 0 Å². The first kappa shape index (κ1) is 16.9. The number of halogens is 1. The van der Waals surface area contributed by atoms with E-state index in [0.717, 1.165) is 25.7 Å². The summed E-state index contributed by atoms with van der Waals surface area (Å²) in [5.74, 6) is 0.329. The summed E-state index contributed by atoms with van der Waals surface area (Å²) in [5.41, 5.74) is 5.71. The molecular weight excluding hydrogens is 330 g/mol. The topological polar surface area (TPSA) is 84.7 Å². The SMILES string of the molecule is NC(=O)N1CCC(NC(=O)c2cc(Cl)ccc2OC2CCCC2)C1. The molecule has 1 aromatic carbocycles. The quantitative estimate of drug-likeness (QED) is 0.874. The van der Waals surface area contributed by atoms with E-state index in [1.54, 1.807) is 18.2 Å². The average Bonchev–Trinajstić information content (AvgIpc) is 3.20. The van der Waals surface area contributed by atoms with Gasteiger partial charge in [-0.1, -0.05) is 11.6 Å². The maximum atomic E-state index is 12.6. The van der Waals surface area contributed by atoms with Gasteiger partial charge in [-0.25, -0.2) is 4.79 Å². The molecule has 24 heavy (non-hydrogen) atoms. The number of benzene rings is 1. The summed E-state index contributed by atoms with van der Waals surface area (Å²) < 4.78 is 6.00. The Labute approximate surface area is 146 Å². The summed E-state index contributed by atoms with van der Waals surface area (Å²) in [7, 11) is 0. The zero-order chi connectivity index (χ0) is 17.1. The third kappa shape index (κ3) is 3.93. The van der Waals surface area contributed by atoms with Crippen LogP contribution < -0.4 is 15.8 Å². The zero-order valence-electron chi connectivity index (χ0n) is 13.5. The van der Waals surface area contributed by atoms with E-state index in [2.05, 4.69) is 5.32 Å². The number of hydrogen-bond acceptors (Lipinski definition) is 3. The molecule has 1 atom stereocenters. The number of carbonyl (C=O) groups is 2. The van der Waals surface area contributed by atoms with Gasteiger partial charge in [0.2, 0.25) is 0 Å². The lowest BCUT2D eigenvalue weighted by Gasteiger charge is -2.18. The van der Waals surface area contributed by atoms with Crippen molar-refractivity contribution >= 4 is 23.5 Å². The normalized spacial score (nSPS) is 21.0. The van der Waals surface area contributed by atoms with Crippen LogP contribution in [0.2, 0.25) is 5.02 Å². The highest BCUT2D eigenvalue weighted by atomic mass is 35.5. The fourth-order valence-electron chi connectivity index (χ4n) is 3.31. The van der Waals surface area contributed by atoms with Gasteiger partial charge in [0, 0.05) is 24.2 Å². The molecule has 0 aromatic heterocycles. The van der Waals surface area contributed by atoms with Crippen molar-refractivity contribution in [2.45, 2.75) is 44.2 Å². The maximum Gasteiger partial charge on any atom is 0.314 e. The predicted molar refractivity (Wildman–Crippen MR) is 91.4 cm³/mol. The van der Waals surface area contributed by atoms with Crippen LogP contribution in [0.15, 0.2) is 18.2 Å². The van der Waals surface area contributed by atoms with Gasteiger partial charge in [0.1, 0.15) is 5.75 Å². The Morgan fingerprint density at radius 1 is 1.25 bits per heavy atom. The van der Waals surface area contributed by atoms with E-state index in [9.17, 15) is 9.59 Å². The summed E-state index contributed by atoms with van der Waals surface area (Å²) in [6.45, 7) is 0.988. The number of nitrogens with two attached hydrogens (primary N) is 1. The number of amides is 3. The lowest BCUT2D eigenvalue weighted by atomic mass is 10.1. The molecule has 130 valence electrons. The molecule has 3 rings (SSSR count). The molecular formula is C17H22ClN3O3. The van der Waals surface area contributed by atoms with Crippen molar-refractivity contribution in [3.63, 3.8) is 0 Å². The third-order valence-electron chi connectivity index (χ3n) is 4.62. The largest absolute Gasteiger partial charge is 0.490 e. The van der Waals surface area contributed by atoms with Crippen LogP contribution in [0.1, 0.15) is 42.5 Å². The van der Waals surface area contributed by atoms with Crippen LogP contribution in [0.5, 0.6) is 5.75 Å². The third-order valence-corrected chi connectivity index (χ3v) is 4.85. The van der Waals surface area contributed by atoms with Gasteiger partial charge in [-0.3, -0.25) is 4.79 Å². The highest BCUT2D eigenvalue weighted by molar-refractivity contribution is 6.31. The second kappa shape index (κ2) is 7.30. The van der Waals surface area contributed by atoms with Crippen molar-refractivity contribution in [1.29, 1.82) is 0 Å². The number of rotatable bonds is 4. The van der Waals surface area contributed by atoms with Gasteiger partial charge in [0.05, 0.1) is 11.7 Å². The van der Waals surface area contributed by atoms with Crippen molar-refractivity contribution in [2.24, 2.45) is 5.73 Å². The van der Waals surface area contributed by atoms with Crippen molar-refractivity contribution in [1.82, 2.24) is 10.2 Å². The van der Waals surface area contributed by atoms with E-state index in [1.165, 1.54) is 4.90 Å². The van der Waals surface area contributed by atoms with Crippen LogP contribution in [-0.2, 0) is 0 Å². The minimum absolute atomic E-state index is 0.108. The monoisotopic (exact) mass is 351 g/mol. The smallest absolute Gasteiger partial charge is 0.314 e. The molecule has 2 fully saturated rings. The number of primary amides is 1. The Morgan fingerprint density at radius 3 is 2.67 bits per heavy atom. The van der Waals surface area contributed by atoms with Crippen LogP contribution in [0.25, 0.3) is 0 Å². The van der Waals surface area contributed by atoms with Gasteiger partial charge in [-0.05, 0) is 50.3 Å². The molecule has 3 N–H and O–H groups in total. The van der Waals surface area contributed by atoms with E-state index in [-0.39, 0.29) is 18.1 Å². The van der Waals surface area contributed by atoms with Crippen molar-refractivity contribution in [3.05, 3.63) is 28.8 Å². The minimum Gasteiger partial charge on any atom is -0.490 e. The summed E-state index contributed by atoms with van der Waals surface area (Å²) in [4.78, 5) is 25.4. The van der Waals surface area contributed by atoms with Crippen LogP contribution >= 0.6 is 11.6 Å². The molecule has 0 radical (unpaired) electrons. The molecule has 2 aliphatic rings. The Bertz CT molecular complexity index is 632. The molecule has 1 unspecified atom stereocenters. The molecule has 1 saturated heterocycles. The Hall–Kier alpha value is -1.95. The molecule has 1 heterocycles. The van der Waals surface area contributed by atoms with Crippen LogP contribution in [0.3, 0.4) is 0 Å². The number of hydrogen-bond donors (Lipinski definition) is 2. The van der Waals surface area contributed by atoms with E-state index < -0.39 is 6.03 Å². The molecule has 1 aliphatic carbocycles. The molecule has 3 amide bonds. The van der Waals surface area contributed by atoms with Gasteiger partial charge in [0.25, 0.3) is 5.91 Å². The summed E-state index contributed by atoms with van der Waals surface area (Å²) in [6, 6.07) is 4.54. The lowest BCUT2D eigenvalue weighted by Crippen LogP contribution is -2.40. The highest BCUT2D eigenvalue weighted by Crippen LogP contribution is 2.29. The Kier molecular flexibility index (Phi) is 5.14. The summed E-state index contributed by atoms with van der Waals surface area (Å²) in [5, 5.41) is 3.44. The first-order valence-electron chi connectivity index (χ1n) is 8.34. The molecule has 0 spiro atoms. The molecule has 1 aliphatic heterocycles. The number of ether oxygens (including phenoxy) is 1. The fourth-order valence-corrected chi connectivity index (χ4v) is 3.48. The number of nitrogens with one attached hydrogen (secondary N) is 1. The van der Waals surface area contributed by atoms with Gasteiger partial charge >= 0.3 is 6.03 Å². The number of nitrogens with zero attached hydrogens (tertiary/aromatic N) is 1. The summed E-state index contributed by atoms with van der Waals surface area (Å²) >= 11 is 6.05. The van der Waals surface area contributed by atoms with Gasteiger partial charge in [-0.15, -0.1) is 0 Å². The average molecular weight is 352 g/mol. The standard InChI is InChI=1S/C17H22ClN3O3/c18-11-5-6-15(24-13-3-1-2-4-13)14(9-11)16(22)20-12-7-8-21(10-12)17(19)23/h5-6,9,12-13H,1-4,7-8,10H2,(H2,19,23)(H,20,22). The van der Waals surface area contributed by atoms with E-state index in [4.69, 9.17) is 22.1 Å². The van der Waals surface area contributed by atoms with Crippen molar-refractivity contribution < 1.29 is 14.3 Å². The van der Waals surface area contributed by atoms with Gasteiger partial charge in [-0.2, -0.15) is 0 Å². The van der Waals surface area contributed by atoms with Crippen molar-refractivity contribution in [2.75, 3.05) is 13.1 Å². The minimum atomic E-state index is -0.459. The zero-order valence-corrected chi connectivity index (χ0v) is 14.2. The number of carbonyl (C=O) groups excluding carboxylic acids is 2. The lowest BCUT2D eigenvalue weighted by molar-refractivity contribution is 0.0930. The van der Waals surface area contributed by atoms with Crippen LogP contribution in [0, 0.1) is 0 Å². The molecule has 7 heteroatoms. The fraction of sp³-hybridized carbons (Fsp3) is 0.529. The van der Waals surface area contributed by atoms with E-state index in [0.29, 0.717) is 35.8 Å². The predicted octanol–water partition coefficient (Wildman–Crippen LogP) is 2.54. The van der Waals surface area contributed by atoms with E-state index in [1.807, 2.05) is 0 Å². The summed E-state index contributed by atoms with van der Waals surface area (Å²) in [6.07, 6.45) is 5.19. The van der Waals surface area contributed by atoms with Gasteiger partial charge < -0.3 is 20.7 Å². The second-order valence-corrected chi connectivity index (χ2v) is 6.84. The second-order valence-electron chi connectivity index (χ2n) is 6.41. The molecule has 6 nitrogen and oxygen atoms in total. The Balaban J connectivity index is 1.69. The molecule has 1 aromatic rings.